The Hall–Kier alpha value is -2.38. The lowest BCUT2D eigenvalue weighted by molar-refractivity contribution is -0.137. The van der Waals surface area contributed by atoms with Crippen LogP contribution in [0.4, 0.5) is 11.5 Å². The van der Waals surface area contributed by atoms with E-state index in [1.165, 1.54) is 18.7 Å². The van der Waals surface area contributed by atoms with Crippen molar-refractivity contribution in [2.45, 2.75) is 26.2 Å². The molecule has 0 amide bonds. The molecule has 0 aromatic carbocycles. The van der Waals surface area contributed by atoms with Crippen LogP contribution < -0.4 is 17.0 Å². The summed E-state index contributed by atoms with van der Waals surface area (Å²) in [6.45, 7) is 1.70. The Morgan fingerprint density at radius 1 is 1.25 bits per heavy atom. The first-order valence-corrected chi connectivity index (χ1v) is 6.07. The van der Waals surface area contributed by atoms with E-state index in [0.717, 1.165) is 4.57 Å². The number of hydrogen-bond acceptors (Lipinski definition) is 5. The van der Waals surface area contributed by atoms with Gasteiger partial charge in [-0.25, -0.2) is 9.79 Å². The standard InChI is InChI=1S/C12H18N4O4/c1-7(5-4-6-8(17)18)14-10-9(13)11(19)16(3)12(20)15(10)2/h4-6,13H2,1-3H3,(H,17,18)/b14-7+. The highest BCUT2D eigenvalue weighted by molar-refractivity contribution is 5.85. The normalized spacial score (nSPS) is 11.7. The number of aliphatic carboxylic acids is 1. The lowest BCUT2D eigenvalue weighted by atomic mass is 10.2. The fourth-order valence-electron chi connectivity index (χ4n) is 1.73. The minimum absolute atomic E-state index is 0.0395. The molecule has 0 saturated carbocycles. The van der Waals surface area contributed by atoms with Crippen molar-refractivity contribution in [1.29, 1.82) is 0 Å². The number of aromatic nitrogens is 2. The summed E-state index contributed by atoms with van der Waals surface area (Å²) >= 11 is 0. The van der Waals surface area contributed by atoms with Gasteiger partial charge in [-0.2, -0.15) is 0 Å². The molecular formula is C12H18N4O4. The number of nitrogens with zero attached hydrogens (tertiary/aromatic N) is 3. The number of hydrogen-bond donors (Lipinski definition) is 2. The van der Waals surface area contributed by atoms with Gasteiger partial charge in [0.15, 0.2) is 5.82 Å². The maximum Gasteiger partial charge on any atom is 0.332 e. The molecule has 3 N–H and O–H groups in total. The van der Waals surface area contributed by atoms with Crippen LogP contribution in [0, 0.1) is 0 Å². The van der Waals surface area contributed by atoms with E-state index in [2.05, 4.69) is 4.99 Å². The number of nitrogen functional groups attached to an aromatic ring is 1. The average molecular weight is 282 g/mol. The zero-order valence-electron chi connectivity index (χ0n) is 11.7. The summed E-state index contributed by atoms with van der Waals surface area (Å²) in [4.78, 5) is 38.1. The highest BCUT2D eigenvalue weighted by Crippen LogP contribution is 2.15. The van der Waals surface area contributed by atoms with Gasteiger partial charge in [0, 0.05) is 26.2 Å². The van der Waals surface area contributed by atoms with E-state index in [4.69, 9.17) is 10.8 Å². The van der Waals surface area contributed by atoms with E-state index in [-0.39, 0.29) is 17.9 Å². The largest absolute Gasteiger partial charge is 0.481 e. The van der Waals surface area contributed by atoms with Crippen molar-refractivity contribution < 1.29 is 9.90 Å². The van der Waals surface area contributed by atoms with Crippen molar-refractivity contribution in [1.82, 2.24) is 9.13 Å². The molecule has 1 aromatic rings. The summed E-state index contributed by atoms with van der Waals surface area (Å²) in [6.07, 6.45) is 0.927. The van der Waals surface area contributed by atoms with Crippen LogP contribution >= 0.6 is 0 Å². The molecule has 20 heavy (non-hydrogen) atoms. The van der Waals surface area contributed by atoms with Crippen LogP contribution in [0.2, 0.25) is 0 Å². The molecule has 8 nitrogen and oxygen atoms in total. The van der Waals surface area contributed by atoms with Gasteiger partial charge in [0.2, 0.25) is 0 Å². The van der Waals surface area contributed by atoms with Gasteiger partial charge >= 0.3 is 11.7 Å². The highest BCUT2D eigenvalue weighted by atomic mass is 16.4. The molecule has 0 bridgehead atoms. The molecule has 0 saturated heterocycles. The molecule has 1 rings (SSSR count). The van der Waals surface area contributed by atoms with Gasteiger partial charge in [0.25, 0.3) is 5.56 Å². The fourth-order valence-corrected chi connectivity index (χ4v) is 1.73. The third-order valence-corrected chi connectivity index (χ3v) is 2.89. The van der Waals surface area contributed by atoms with Crippen molar-refractivity contribution in [3.05, 3.63) is 20.8 Å². The summed E-state index contributed by atoms with van der Waals surface area (Å²) in [7, 11) is 2.82. The number of carboxylic acids is 1. The van der Waals surface area contributed by atoms with Crippen molar-refractivity contribution >= 4 is 23.2 Å². The minimum Gasteiger partial charge on any atom is -0.481 e. The number of carboxylic acid groups (broad SMARTS) is 1. The maximum atomic E-state index is 11.8. The van der Waals surface area contributed by atoms with Crippen LogP contribution in [0.5, 0.6) is 0 Å². The van der Waals surface area contributed by atoms with Crippen LogP contribution in [-0.2, 0) is 18.9 Å². The first kappa shape index (κ1) is 15.7. The molecule has 0 unspecified atom stereocenters. The summed E-state index contributed by atoms with van der Waals surface area (Å²) in [6, 6.07) is 0. The molecule has 0 aliphatic rings. The molecule has 0 atom stereocenters. The third-order valence-electron chi connectivity index (χ3n) is 2.89. The Labute approximate surface area is 115 Å². The molecule has 0 spiro atoms. The molecule has 0 aliphatic carbocycles. The van der Waals surface area contributed by atoms with Gasteiger partial charge in [-0.15, -0.1) is 0 Å². The van der Waals surface area contributed by atoms with Gasteiger partial charge < -0.3 is 10.8 Å². The molecule has 0 aliphatic heterocycles. The van der Waals surface area contributed by atoms with Crippen LogP contribution in [0.15, 0.2) is 14.6 Å². The van der Waals surface area contributed by atoms with Gasteiger partial charge in [-0.1, -0.05) is 0 Å². The predicted molar refractivity (Wildman–Crippen MR) is 75.6 cm³/mol. The lowest BCUT2D eigenvalue weighted by Crippen LogP contribution is -2.38. The molecule has 1 heterocycles. The SMILES string of the molecule is C/C(CCCC(=O)O)=N\c1c(N)c(=O)n(C)c(=O)n1C. The second-order valence-electron chi connectivity index (χ2n) is 4.54. The Morgan fingerprint density at radius 3 is 2.40 bits per heavy atom. The summed E-state index contributed by atoms with van der Waals surface area (Å²) < 4.78 is 2.10. The zero-order chi connectivity index (χ0) is 15.4. The topological polar surface area (TPSA) is 120 Å². The first-order valence-electron chi connectivity index (χ1n) is 6.07. The number of rotatable bonds is 5. The molecule has 0 fully saturated rings. The molecule has 1 aromatic heterocycles. The first-order chi connectivity index (χ1) is 9.25. The van der Waals surface area contributed by atoms with E-state index in [0.29, 0.717) is 18.6 Å². The Kier molecular flexibility index (Phi) is 4.84. The Balaban J connectivity index is 3.12. The smallest absolute Gasteiger partial charge is 0.332 e. The fraction of sp³-hybridized carbons (Fsp3) is 0.500. The summed E-state index contributed by atoms with van der Waals surface area (Å²) in [5.74, 6) is -0.774. The van der Waals surface area contributed by atoms with Crippen LogP contribution in [0.3, 0.4) is 0 Å². The molecular weight excluding hydrogens is 264 g/mol. The van der Waals surface area contributed by atoms with E-state index in [1.54, 1.807) is 6.92 Å². The summed E-state index contributed by atoms with van der Waals surface area (Å²) in [5.41, 5.74) is 5.09. The second-order valence-corrected chi connectivity index (χ2v) is 4.54. The van der Waals surface area contributed by atoms with E-state index in [9.17, 15) is 14.4 Å². The van der Waals surface area contributed by atoms with E-state index < -0.39 is 17.2 Å². The summed E-state index contributed by atoms with van der Waals surface area (Å²) in [5, 5.41) is 8.56. The van der Waals surface area contributed by atoms with Gasteiger partial charge in [-0.3, -0.25) is 18.7 Å². The van der Waals surface area contributed by atoms with Gasteiger partial charge in [0.1, 0.15) is 5.69 Å². The minimum atomic E-state index is -0.877. The van der Waals surface area contributed by atoms with Crippen LogP contribution in [0.25, 0.3) is 0 Å². The van der Waals surface area contributed by atoms with Gasteiger partial charge in [0.05, 0.1) is 0 Å². The van der Waals surface area contributed by atoms with Crippen LogP contribution in [-0.4, -0.2) is 25.9 Å². The zero-order valence-corrected chi connectivity index (χ0v) is 11.7. The average Bonchev–Trinajstić information content (AvgIpc) is 2.39. The lowest BCUT2D eigenvalue weighted by Gasteiger charge is -2.09. The number of nitrogens with two attached hydrogens (primary N) is 1. The van der Waals surface area contributed by atoms with Crippen molar-refractivity contribution in [3.8, 4) is 0 Å². The molecule has 8 heteroatoms. The Morgan fingerprint density at radius 2 is 1.85 bits per heavy atom. The number of aliphatic imine (C=N–C) groups is 1. The van der Waals surface area contributed by atoms with Crippen molar-refractivity contribution in [2.75, 3.05) is 5.73 Å². The second kappa shape index (κ2) is 6.18. The molecule has 110 valence electrons. The van der Waals surface area contributed by atoms with Crippen molar-refractivity contribution in [2.24, 2.45) is 19.1 Å². The third kappa shape index (κ3) is 3.34. The monoisotopic (exact) mass is 282 g/mol. The predicted octanol–water partition coefficient (Wildman–Crippen LogP) is 0.0135. The van der Waals surface area contributed by atoms with Crippen molar-refractivity contribution in [3.63, 3.8) is 0 Å². The van der Waals surface area contributed by atoms with Gasteiger partial charge in [-0.05, 0) is 19.8 Å². The molecule has 0 radical (unpaired) electrons. The Bertz CT molecular complexity index is 632. The number of carbonyl (C=O) groups is 1. The highest BCUT2D eigenvalue weighted by Gasteiger charge is 2.12. The van der Waals surface area contributed by atoms with Crippen LogP contribution in [0.1, 0.15) is 26.2 Å². The number of anilines is 1. The maximum absolute atomic E-state index is 11.8. The quantitative estimate of drug-likeness (QED) is 0.737. The van der Waals surface area contributed by atoms with E-state index >= 15 is 0 Å². The van der Waals surface area contributed by atoms with E-state index in [1.807, 2.05) is 0 Å².